The van der Waals surface area contributed by atoms with Crippen molar-refractivity contribution >= 4 is 7.82 Å². The molecule has 0 saturated heterocycles. The quantitative estimate of drug-likeness (QED) is 0.662. The van der Waals surface area contributed by atoms with Gasteiger partial charge in [-0.1, -0.05) is 0 Å². The van der Waals surface area contributed by atoms with Crippen LogP contribution in [-0.4, -0.2) is 27.0 Å². The molecule has 0 aliphatic rings. The molecule has 0 aromatic carbocycles. The molecule has 0 rings (SSSR count). The fourth-order valence-corrected chi connectivity index (χ4v) is 0.997. The van der Waals surface area contributed by atoms with Gasteiger partial charge in [0.15, 0.2) is 6.61 Å². The minimum atomic E-state index is -4.55. The Morgan fingerprint density at radius 2 is 1.67 bits per heavy atom. The van der Waals surface area contributed by atoms with E-state index in [4.69, 9.17) is 0 Å². The zero-order valence-electron chi connectivity index (χ0n) is 6.42. The third kappa shape index (κ3) is 4.71. The summed E-state index contributed by atoms with van der Waals surface area (Å²) in [5.74, 6) is 0. The molecular formula is C4H8F3O4P. The predicted octanol–water partition coefficient (Wildman–Crippen LogP) is 1.97. The second kappa shape index (κ2) is 4.23. The number of hydrogen-bond donors (Lipinski definition) is 0. The Hall–Kier alpha value is -0.100. The van der Waals surface area contributed by atoms with Gasteiger partial charge in [0.05, 0.1) is 0 Å². The highest BCUT2D eigenvalue weighted by Crippen LogP contribution is 2.48. The highest BCUT2D eigenvalue weighted by molar-refractivity contribution is 7.48. The number of phosphoric acid groups is 1. The third-order valence-electron chi connectivity index (χ3n) is 0.834. The molecule has 0 atom stereocenters. The Labute approximate surface area is 67.2 Å². The molecule has 8 heteroatoms. The molecule has 0 saturated carbocycles. The van der Waals surface area contributed by atoms with E-state index in [2.05, 4.69) is 13.6 Å². The van der Waals surface area contributed by atoms with Gasteiger partial charge in [0.1, 0.15) is 0 Å². The summed E-state index contributed by atoms with van der Waals surface area (Å²) in [6.07, 6.45) is -4.55. The van der Waals surface area contributed by atoms with Crippen molar-refractivity contribution in [3.05, 3.63) is 0 Å². The summed E-state index contributed by atoms with van der Waals surface area (Å²) >= 11 is 0. The van der Waals surface area contributed by atoms with Crippen LogP contribution in [0.1, 0.15) is 0 Å². The zero-order chi connectivity index (χ0) is 9.83. The monoisotopic (exact) mass is 208 g/mol. The molecule has 0 spiro atoms. The van der Waals surface area contributed by atoms with E-state index in [0.717, 1.165) is 14.2 Å². The van der Waals surface area contributed by atoms with Crippen LogP contribution in [0, 0.1) is 0 Å². The summed E-state index contributed by atoms with van der Waals surface area (Å²) in [4.78, 5) is 0. The van der Waals surface area contributed by atoms with Crippen molar-refractivity contribution < 1.29 is 31.3 Å². The third-order valence-corrected chi connectivity index (χ3v) is 2.17. The molecule has 0 unspecified atom stereocenters. The van der Waals surface area contributed by atoms with Gasteiger partial charge in [0, 0.05) is 14.2 Å². The van der Waals surface area contributed by atoms with Crippen molar-refractivity contribution in [2.24, 2.45) is 0 Å². The number of halogens is 3. The standard InChI is InChI=1S/C4H8F3O4P/c1-9-12(8,10-2)11-3-4(5,6)7/h3H2,1-2H3. The van der Waals surface area contributed by atoms with E-state index >= 15 is 0 Å². The molecular weight excluding hydrogens is 200 g/mol. The van der Waals surface area contributed by atoms with E-state index < -0.39 is 20.6 Å². The molecule has 0 fully saturated rings. The van der Waals surface area contributed by atoms with Gasteiger partial charge < -0.3 is 0 Å². The van der Waals surface area contributed by atoms with Gasteiger partial charge in [0.2, 0.25) is 0 Å². The van der Waals surface area contributed by atoms with Gasteiger partial charge in [0.25, 0.3) is 0 Å². The molecule has 0 aromatic rings. The highest BCUT2D eigenvalue weighted by Gasteiger charge is 2.34. The maximum Gasteiger partial charge on any atom is 0.474 e. The molecule has 0 aromatic heterocycles. The first kappa shape index (κ1) is 11.9. The minimum Gasteiger partial charge on any atom is -0.290 e. The van der Waals surface area contributed by atoms with Crippen molar-refractivity contribution in [3.63, 3.8) is 0 Å². The Bertz CT molecular complexity index is 172. The van der Waals surface area contributed by atoms with Crippen molar-refractivity contribution in [1.29, 1.82) is 0 Å². The average molecular weight is 208 g/mol. The second-order valence-corrected chi connectivity index (χ2v) is 3.58. The average Bonchev–Trinajstić information content (AvgIpc) is 1.99. The van der Waals surface area contributed by atoms with Crippen LogP contribution < -0.4 is 0 Å². The maximum atomic E-state index is 11.5. The van der Waals surface area contributed by atoms with Crippen LogP contribution in [0.2, 0.25) is 0 Å². The molecule has 12 heavy (non-hydrogen) atoms. The van der Waals surface area contributed by atoms with Crippen LogP contribution in [0.15, 0.2) is 0 Å². The molecule has 0 heterocycles. The lowest BCUT2D eigenvalue weighted by atomic mass is 10.7. The molecule has 0 aliphatic carbocycles. The topological polar surface area (TPSA) is 44.8 Å². The molecule has 0 N–H and O–H groups in total. The lowest BCUT2D eigenvalue weighted by molar-refractivity contribution is -0.157. The van der Waals surface area contributed by atoms with Crippen LogP contribution in [0.3, 0.4) is 0 Å². The van der Waals surface area contributed by atoms with Gasteiger partial charge in [-0.3, -0.25) is 13.6 Å². The Morgan fingerprint density at radius 1 is 1.25 bits per heavy atom. The van der Waals surface area contributed by atoms with Crippen molar-refractivity contribution in [1.82, 2.24) is 0 Å². The van der Waals surface area contributed by atoms with Gasteiger partial charge in [-0.2, -0.15) is 13.2 Å². The van der Waals surface area contributed by atoms with Gasteiger partial charge in [-0.25, -0.2) is 4.57 Å². The largest absolute Gasteiger partial charge is 0.474 e. The van der Waals surface area contributed by atoms with E-state index in [-0.39, 0.29) is 0 Å². The van der Waals surface area contributed by atoms with Gasteiger partial charge in [-0.15, -0.1) is 0 Å². The first-order chi connectivity index (χ1) is 5.33. The molecule has 0 aliphatic heterocycles. The van der Waals surface area contributed by atoms with E-state index in [9.17, 15) is 17.7 Å². The van der Waals surface area contributed by atoms with Gasteiger partial charge in [-0.05, 0) is 0 Å². The van der Waals surface area contributed by atoms with Crippen LogP contribution >= 0.6 is 7.82 Å². The lowest BCUT2D eigenvalue weighted by Gasteiger charge is -2.14. The Balaban J connectivity index is 3.99. The number of phosphoric ester groups is 1. The maximum absolute atomic E-state index is 11.5. The summed E-state index contributed by atoms with van der Waals surface area (Å²) < 4.78 is 57.4. The normalized spacial score (nSPS) is 13.4. The van der Waals surface area contributed by atoms with E-state index in [1.54, 1.807) is 0 Å². The van der Waals surface area contributed by atoms with E-state index in [0.29, 0.717) is 0 Å². The molecule has 4 nitrogen and oxygen atoms in total. The number of hydrogen-bond acceptors (Lipinski definition) is 4. The molecule has 0 bridgehead atoms. The number of rotatable bonds is 4. The molecule has 0 radical (unpaired) electrons. The fourth-order valence-electron chi connectivity index (χ4n) is 0.332. The van der Waals surface area contributed by atoms with Crippen LogP contribution in [0.5, 0.6) is 0 Å². The van der Waals surface area contributed by atoms with Crippen molar-refractivity contribution in [2.75, 3.05) is 20.8 Å². The minimum absolute atomic E-state index is 0.931. The van der Waals surface area contributed by atoms with Crippen molar-refractivity contribution in [2.45, 2.75) is 6.18 Å². The van der Waals surface area contributed by atoms with Crippen LogP contribution in [0.4, 0.5) is 13.2 Å². The summed E-state index contributed by atoms with van der Waals surface area (Å²) in [6, 6.07) is 0. The second-order valence-electron chi connectivity index (χ2n) is 1.70. The predicted molar refractivity (Wildman–Crippen MR) is 33.6 cm³/mol. The van der Waals surface area contributed by atoms with Crippen molar-refractivity contribution in [3.8, 4) is 0 Å². The fraction of sp³-hybridized carbons (Fsp3) is 1.00. The zero-order valence-corrected chi connectivity index (χ0v) is 7.32. The molecule has 74 valence electrons. The Kier molecular flexibility index (Phi) is 4.19. The smallest absolute Gasteiger partial charge is 0.290 e. The summed E-state index contributed by atoms with van der Waals surface area (Å²) in [5, 5.41) is 0. The first-order valence-corrected chi connectivity index (χ1v) is 4.22. The summed E-state index contributed by atoms with van der Waals surface area (Å²) in [7, 11) is -2.14. The van der Waals surface area contributed by atoms with E-state index in [1.165, 1.54) is 0 Å². The number of alkyl halides is 3. The Morgan fingerprint density at radius 3 is 1.92 bits per heavy atom. The van der Waals surface area contributed by atoms with Crippen LogP contribution in [0.25, 0.3) is 0 Å². The van der Waals surface area contributed by atoms with Gasteiger partial charge >= 0.3 is 14.0 Å². The summed E-state index contributed by atoms with van der Waals surface area (Å²) in [5.41, 5.74) is 0. The SMILES string of the molecule is COP(=O)(OC)OCC(F)(F)F. The highest BCUT2D eigenvalue weighted by atomic mass is 31.2. The van der Waals surface area contributed by atoms with E-state index in [1.807, 2.05) is 0 Å². The first-order valence-electron chi connectivity index (χ1n) is 2.76. The van der Waals surface area contributed by atoms with Crippen LogP contribution in [-0.2, 0) is 18.1 Å². The lowest BCUT2D eigenvalue weighted by Crippen LogP contribution is -2.16. The molecule has 0 amide bonds. The summed E-state index contributed by atoms with van der Waals surface area (Å²) in [6.45, 7) is -1.66.